The molecule has 0 unspecified atom stereocenters. The molecular formula is C18H13N3. The van der Waals surface area contributed by atoms with E-state index in [1.807, 2.05) is 48.5 Å². The Kier molecular flexibility index (Phi) is 3.44. The van der Waals surface area contributed by atoms with Crippen LogP contribution in [0.15, 0.2) is 60.8 Å². The molecule has 3 aromatic rings. The minimum atomic E-state index is 0.628. The first-order valence-electron chi connectivity index (χ1n) is 6.67. The highest BCUT2D eigenvalue weighted by atomic mass is 14.9. The number of hydrogen-bond acceptors (Lipinski definition) is 3. The van der Waals surface area contributed by atoms with Crippen LogP contribution in [0.4, 0.5) is 0 Å². The largest absolute Gasteiger partial charge is 0.237 e. The number of benzene rings is 2. The number of nitrogens with zero attached hydrogens (tertiary/aromatic N) is 3. The van der Waals surface area contributed by atoms with Crippen molar-refractivity contribution < 1.29 is 0 Å². The van der Waals surface area contributed by atoms with E-state index in [-0.39, 0.29) is 0 Å². The summed E-state index contributed by atoms with van der Waals surface area (Å²) in [5.74, 6) is 0.690. The predicted molar refractivity (Wildman–Crippen MR) is 82.4 cm³/mol. The third kappa shape index (κ3) is 2.80. The Labute approximate surface area is 123 Å². The van der Waals surface area contributed by atoms with Crippen molar-refractivity contribution in [2.24, 2.45) is 0 Å². The summed E-state index contributed by atoms with van der Waals surface area (Å²) in [7, 11) is 0. The van der Waals surface area contributed by atoms with Gasteiger partial charge in [0.2, 0.25) is 0 Å². The molecule has 0 bridgehead atoms. The summed E-state index contributed by atoms with van der Waals surface area (Å²) >= 11 is 0. The van der Waals surface area contributed by atoms with Crippen molar-refractivity contribution in [1.29, 1.82) is 5.26 Å². The van der Waals surface area contributed by atoms with Crippen molar-refractivity contribution in [1.82, 2.24) is 9.97 Å². The van der Waals surface area contributed by atoms with Gasteiger partial charge in [0.05, 0.1) is 17.3 Å². The van der Waals surface area contributed by atoms with Crippen LogP contribution in [0.5, 0.6) is 0 Å². The maximum absolute atomic E-state index is 8.98. The summed E-state index contributed by atoms with van der Waals surface area (Å²) in [6, 6.07) is 19.5. The van der Waals surface area contributed by atoms with Crippen LogP contribution in [0.2, 0.25) is 0 Å². The Bertz CT molecular complexity index is 814. The lowest BCUT2D eigenvalue weighted by molar-refractivity contribution is 1.18. The van der Waals surface area contributed by atoms with Gasteiger partial charge in [0.25, 0.3) is 0 Å². The monoisotopic (exact) mass is 271 g/mol. The molecule has 0 saturated carbocycles. The van der Waals surface area contributed by atoms with Crippen LogP contribution in [-0.2, 0) is 0 Å². The van der Waals surface area contributed by atoms with Crippen LogP contribution in [0.3, 0.4) is 0 Å². The van der Waals surface area contributed by atoms with Crippen molar-refractivity contribution in [2.45, 2.75) is 6.92 Å². The van der Waals surface area contributed by atoms with Crippen molar-refractivity contribution in [3.05, 3.63) is 71.9 Å². The normalized spacial score (nSPS) is 10.1. The van der Waals surface area contributed by atoms with Gasteiger partial charge in [-0.2, -0.15) is 5.26 Å². The standard InChI is InChI=1S/C18H13N3/c1-13-5-7-15(8-6-13)18-20-10-9-17(21-18)16-4-2-3-14(11-16)12-19/h2-11H,1H3. The van der Waals surface area contributed by atoms with Crippen LogP contribution in [0, 0.1) is 18.3 Å². The Morgan fingerprint density at radius 1 is 0.952 bits per heavy atom. The van der Waals surface area contributed by atoms with Crippen LogP contribution >= 0.6 is 0 Å². The molecule has 0 spiro atoms. The Hall–Kier alpha value is -2.99. The Morgan fingerprint density at radius 3 is 2.52 bits per heavy atom. The van der Waals surface area contributed by atoms with Crippen LogP contribution in [-0.4, -0.2) is 9.97 Å². The van der Waals surface area contributed by atoms with E-state index in [2.05, 4.69) is 23.0 Å². The smallest absolute Gasteiger partial charge is 0.159 e. The van der Waals surface area contributed by atoms with E-state index in [9.17, 15) is 0 Å². The predicted octanol–water partition coefficient (Wildman–Crippen LogP) is 3.99. The second-order valence-electron chi connectivity index (χ2n) is 4.82. The number of hydrogen-bond donors (Lipinski definition) is 0. The van der Waals surface area contributed by atoms with Gasteiger partial charge in [-0.15, -0.1) is 0 Å². The van der Waals surface area contributed by atoms with Gasteiger partial charge >= 0.3 is 0 Å². The van der Waals surface area contributed by atoms with Crippen LogP contribution in [0.25, 0.3) is 22.6 Å². The van der Waals surface area contributed by atoms with Gasteiger partial charge in [-0.25, -0.2) is 9.97 Å². The zero-order chi connectivity index (χ0) is 14.7. The van der Waals surface area contributed by atoms with Crippen molar-refractivity contribution in [3.63, 3.8) is 0 Å². The fourth-order valence-electron chi connectivity index (χ4n) is 2.11. The highest BCUT2D eigenvalue weighted by molar-refractivity contribution is 5.64. The first-order valence-corrected chi connectivity index (χ1v) is 6.67. The first-order chi connectivity index (χ1) is 10.3. The van der Waals surface area contributed by atoms with Crippen LogP contribution < -0.4 is 0 Å². The Balaban J connectivity index is 2.04. The number of rotatable bonds is 2. The van der Waals surface area contributed by atoms with E-state index in [0.29, 0.717) is 11.4 Å². The third-order valence-corrected chi connectivity index (χ3v) is 3.25. The molecule has 21 heavy (non-hydrogen) atoms. The minimum Gasteiger partial charge on any atom is -0.237 e. The summed E-state index contributed by atoms with van der Waals surface area (Å²) < 4.78 is 0. The average Bonchev–Trinajstić information content (AvgIpc) is 2.56. The van der Waals surface area contributed by atoms with Gasteiger partial charge < -0.3 is 0 Å². The molecule has 0 amide bonds. The van der Waals surface area contributed by atoms with E-state index < -0.39 is 0 Å². The molecule has 1 heterocycles. The van der Waals surface area contributed by atoms with Gasteiger partial charge in [-0.05, 0) is 25.1 Å². The van der Waals surface area contributed by atoms with Crippen molar-refractivity contribution in [2.75, 3.05) is 0 Å². The Morgan fingerprint density at radius 2 is 1.76 bits per heavy atom. The highest BCUT2D eigenvalue weighted by Crippen LogP contribution is 2.21. The molecule has 0 N–H and O–H groups in total. The summed E-state index contributed by atoms with van der Waals surface area (Å²) in [6.45, 7) is 2.05. The molecule has 1 aromatic heterocycles. The van der Waals surface area contributed by atoms with Crippen LogP contribution in [0.1, 0.15) is 11.1 Å². The average molecular weight is 271 g/mol. The molecule has 0 atom stereocenters. The lowest BCUT2D eigenvalue weighted by Crippen LogP contribution is -1.92. The van der Waals surface area contributed by atoms with E-state index in [1.54, 1.807) is 12.3 Å². The molecule has 0 radical (unpaired) electrons. The highest BCUT2D eigenvalue weighted by Gasteiger charge is 2.05. The SMILES string of the molecule is Cc1ccc(-c2nccc(-c3cccc(C#N)c3)n2)cc1. The molecule has 100 valence electrons. The molecule has 2 aromatic carbocycles. The molecule has 0 saturated heterocycles. The van der Waals surface area contributed by atoms with Gasteiger partial charge in [-0.1, -0.05) is 42.0 Å². The molecule has 3 rings (SSSR count). The zero-order valence-corrected chi connectivity index (χ0v) is 11.6. The fourth-order valence-corrected chi connectivity index (χ4v) is 2.11. The number of aryl methyl sites for hydroxylation is 1. The van der Waals surface area contributed by atoms with Gasteiger partial charge in [-0.3, -0.25) is 0 Å². The van der Waals surface area contributed by atoms with Gasteiger partial charge in [0, 0.05) is 17.3 Å². The second kappa shape index (κ2) is 5.56. The molecule has 0 aliphatic carbocycles. The molecular weight excluding hydrogens is 258 g/mol. The molecule has 0 fully saturated rings. The lowest BCUT2D eigenvalue weighted by Gasteiger charge is -2.05. The summed E-state index contributed by atoms with van der Waals surface area (Å²) in [5.41, 5.74) is 4.56. The topological polar surface area (TPSA) is 49.6 Å². The lowest BCUT2D eigenvalue weighted by atomic mass is 10.1. The fraction of sp³-hybridized carbons (Fsp3) is 0.0556. The van der Waals surface area contributed by atoms with Crippen molar-refractivity contribution >= 4 is 0 Å². The number of aromatic nitrogens is 2. The third-order valence-electron chi connectivity index (χ3n) is 3.25. The summed E-state index contributed by atoms with van der Waals surface area (Å²) in [5, 5.41) is 8.98. The molecule has 3 heteroatoms. The molecule has 0 aliphatic rings. The quantitative estimate of drug-likeness (QED) is 0.708. The second-order valence-corrected chi connectivity index (χ2v) is 4.82. The van der Waals surface area contributed by atoms with E-state index in [0.717, 1.165) is 16.8 Å². The van der Waals surface area contributed by atoms with Gasteiger partial charge in [0.15, 0.2) is 5.82 Å². The molecule has 3 nitrogen and oxygen atoms in total. The zero-order valence-electron chi connectivity index (χ0n) is 11.6. The summed E-state index contributed by atoms with van der Waals surface area (Å²) in [6.07, 6.45) is 1.75. The number of nitriles is 1. The first kappa shape index (κ1) is 13.0. The summed E-state index contributed by atoms with van der Waals surface area (Å²) in [4.78, 5) is 8.93. The maximum atomic E-state index is 8.98. The van der Waals surface area contributed by atoms with Gasteiger partial charge in [0.1, 0.15) is 0 Å². The molecule has 0 aliphatic heterocycles. The van der Waals surface area contributed by atoms with E-state index >= 15 is 0 Å². The van der Waals surface area contributed by atoms with E-state index in [4.69, 9.17) is 5.26 Å². The maximum Gasteiger partial charge on any atom is 0.159 e. The van der Waals surface area contributed by atoms with Crippen molar-refractivity contribution in [3.8, 4) is 28.7 Å². The van der Waals surface area contributed by atoms with E-state index in [1.165, 1.54) is 5.56 Å². The minimum absolute atomic E-state index is 0.628.